The molecule has 0 aliphatic carbocycles. The Labute approximate surface area is 229 Å². The van der Waals surface area contributed by atoms with Crippen LogP contribution in [-0.4, -0.2) is 59.5 Å². The maximum Gasteiger partial charge on any atom is 0.422 e. The number of halogens is 4. The fraction of sp³-hybridized carbons (Fsp3) is 0.370. The predicted molar refractivity (Wildman–Crippen MR) is 144 cm³/mol. The second-order valence-corrected chi connectivity index (χ2v) is 9.06. The van der Waals surface area contributed by atoms with Crippen molar-refractivity contribution in [1.82, 2.24) is 14.0 Å². The van der Waals surface area contributed by atoms with Crippen molar-refractivity contribution < 1.29 is 17.9 Å². The number of anilines is 1. The van der Waals surface area contributed by atoms with Crippen LogP contribution in [0.5, 0.6) is 5.75 Å². The summed E-state index contributed by atoms with van der Waals surface area (Å²) in [6.45, 7) is 2.24. The van der Waals surface area contributed by atoms with Crippen LogP contribution in [0.25, 0.3) is 0 Å². The molecule has 12 heteroatoms. The third-order valence-electron chi connectivity index (χ3n) is 6.38. The Hall–Kier alpha value is -3.75. The monoisotopic (exact) mass is 563 g/mol. The van der Waals surface area contributed by atoms with Gasteiger partial charge in [-0.1, -0.05) is 42.5 Å². The fourth-order valence-electron chi connectivity index (χ4n) is 4.49. The maximum absolute atomic E-state index is 13.0. The minimum atomic E-state index is -4.41. The average molecular weight is 564 g/mol. The lowest BCUT2D eigenvalue weighted by Gasteiger charge is -2.36. The lowest BCUT2D eigenvalue weighted by molar-refractivity contribution is -0.153. The van der Waals surface area contributed by atoms with Crippen LogP contribution in [0, 0.1) is 11.3 Å². The molecule has 39 heavy (non-hydrogen) atoms. The summed E-state index contributed by atoms with van der Waals surface area (Å²) in [7, 11) is 0. The highest BCUT2D eigenvalue weighted by atomic mass is 35.5. The zero-order valence-electron chi connectivity index (χ0n) is 21.1. The summed E-state index contributed by atoms with van der Waals surface area (Å²) in [5, 5.41) is 9.41. The van der Waals surface area contributed by atoms with Gasteiger partial charge in [-0.25, -0.2) is 4.79 Å². The zero-order chi connectivity index (χ0) is 27.1. The van der Waals surface area contributed by atoms with Crippen molar-refractivity contribution in [1.29, 1.82) is 5.26 Å². The number of alkyl halides is 3. The van der Waals surface area contributed by atoms with Gasteiger partial charge in [0.25, 0.3) is 5.56 Å². The Morgan fingerprint density at radius 3 is 2.26 bits per heavy atom. The van der Waals surface area contributed by atoms with Crippen LogP contribution in [0.4, 0.5) is 18.9 Å². The smallest absolute Gasteiger partial charge is 0.422 e. The van der Waals surface area contributed by atoms with Gasteiger partial charge in [0.05, 0.1) is 12.2 Å². The van der Waals surface area contributed by atoms with E-state index < -0.39 is 24.0 Å². The average Bonchev–Trinajstić information content (AvgIpc) is 2.91. The van der Waals surface area contributed by atoms with Gasteiger partial charge in [-0.2, -0.15) is 18.4 Å². The number of para-hydroxylation sites is 2. The van der Waals surface area contributed by atoms with E-state index in [1.807, 2.05) is 41.3 Å². The first kappa shape index (κ1) is 29.8. The van der Waals surface area contributed by atoms with Crippen LogP contribution in [0.2, 0.25) is 0 Å². The Balaban J connectivity index is 0.00000420. The minimum Gasteiger partial charge on any atom is -0.482 e. The minimum absolute atomic E-state index is 0. The molecule has 2 aromatic carbocycles. The van der Waals surface area contributed by atoms with Gasteiger partial charge < -0.3 is 9.64 Å². The molecule has 3 aromatic rings. The SMILES string of the molecule is Cl.N#Cc1cn(Cc2ccccc2)c(=O)n(CCCN2CCN(c3ccccc3OCC(F)(F)F)CC2)c1=O. The Bertz CT molecular complexity index is 1390. The van der Waals surface area contributed by atoms with E-state index in [1.54, 1.807) is 18.2 Å². The normalized spacial score (nSPS) is 13.9. The Morgan fingerprint density at radius 1 is 0.923 bits per heavy atom. The largest absolute Gasteiger partial charge is 0.482 e. The molecule has 4 rings (SSSR count). The van der Waals surface area contributed by atoms with Crippen LogP contribution in [0.3, 0.4) is 0 Å². The molecule has 8 nitrogen and oxygen atoms in total. The molecular formula is C27H29ClF3N5O3. The molecule has 1 aliphatic rings. The highest BCUT2D eigenvalue weighted by Crippen LogP contribution is 2.30. The number of nitrogens with zero attached hydrogens (tertiary/aromatic N) is 5. The zero-order valence-corrected chi connectivity index (χ0v) is 22.0. The van der Waals surface area contributed by atoms with Gasteiger partial charge in [-0.3, -0.25) is 18.8 Å². The van der Waals surface area contributed by atoms with Crippen molar-refractivity contribution >= 4 is 18.1 Å². The molecule has 1 aromatic heterocycles. The van der Waals surface area contributed by atoms with Crippen LogP contribution in [0.1, 0.15) is 17.5 Å². The summed E-state index contributed by atoms with van der Waals surface area (Å²) >= 11 is 0. The van der Waals surface area contributed by atoms with E-state index in [2.05, 4.69) is 4.90 Å². The first-order valence-electron chi connectivity index (χ1n) is 12.3. The quantitative estimate of drug-likeness (QED) is 0.396. The molecule has 0 unspecified atom stereocenters. The van der Waals surface area contributed by atoms with Gasteiger partial charge in [-0.05, 0) is 30.7 Å². The molecule has 0 amide bonds. The molecule has 0 saturated carbocycles. The topological polar surface area (TPSA) is 83.5 Å². The second-order valence-electron chi connectivity index (χ2n) is 9.06. The molecule has 1 fully saturated rings. The number of piperazine rings is 1. The van der Waals surface area contributed by atoms with Crippen molar-refractivity contribution in [2.24, 2.45) is 0 Å². The molecular weight excluding hydrogens is 535 g/mol. The number of rotatable bonds is 9. The number of benzene rings is 2. The first-order valence-corrected chi connectivity index (χ1v) is 12.3. The van der Waals surface area contributed by atoms with Gasteiger partial charge in [0.15, 0.2) is 6.61 Å². The van der Waals surface area contributed by atoms with E-state index in [-0.39, 0.29) is 36.8 Å². The summed E-state index contributed by atoms with van der Waals surface area (Å²) < 4.78 is 45.4. The molecule has 0 N–H and O–H groups in total. The number of hydrogen-bond acceptors (Lipinski definition) is 6. The van der Waals surface area contributed by atoms with Crippen LogP contribution in [-0.2, 0) is 13.1 Å². The molecule has 0 spiro atoms. The van der Waals surface area contributed by atoms with E-state index in [1.165, 1.54) is 16.8 Å². The van der Waals surface area contributed by atoms with Crippen molar-refractivity contribution in [2.45, 2.75) is 25.7 Å². The summed E-state index contributed by atoms with van der Waals surface area (Å²) in [6, 6.07) is 17.9. The summed E-state index contributed by atoms with van der Waals surface area (Å²) in [4.78, 5) is 29.9. The van der Waals surface area contributed by atoms with Gasteiger partial charge >= 0.3 is 11.9 Å². The van der Waals surface area contributed by atoms with E-state index in [0.29, 0.717) is 44.8 Å². The third-order valence-corrected chi connectivity index (χ3v) is 6.38. The Morgan fingerprint density at radius 2 is 1.59 bits per heavy atom. The van der Waals surface area contributed by atoms with Gasteiger partial charge in [-0.15, -0.1) is 12.4 Å². The lowest BCUT2D eigenvalue weighted by atomic mass is 10.2. The molecule has 1 saturated heterocycles. The first-order chi connectivity index (χ1) is 18.2. The van der Waals surface area contributed by atoms with Gasteiger partial charge in [0.2, 0.25) is 0 Å². The molecule has 1 aliphatic heterocycles. The number of ether oxygens (including phenoxy) is 1. The molecule has 208 valence electrons. The number of nitriles is 1. The molecule has 2 heterocycles. The van der Waals surface area contributed by atoms with Gasteiger partial charge in [0, 0.05) is 38.9 Å². The predicted octanol–water partition coefficient (Wildman–Crippen LogP) is 3.51. The van der Waals surface area contributed by atoms with Crippen molar-refractivity contribution in [3.63, 3.8) is 0 Å². The highest BCUT2D eigenvalue weighted by Gasteiger charge is 2.29. The van der Waals surface area contributed by atoms with Crippen molar-refractivity contribution in [3.05, 3.63) is 92.8 Å². The van der Waals surface area contributed by atoms with E-state index in [4.69, 9.17) is 4.74 Å². The third kappa shape index (κ3) is 7.88. The molecule has 0 radical (unpaired) electrons. The van der Waals surface area contributed by atoms with Crippen LogP contribution in [0.15, 0.2) is 70.4 Å². The van der Waals surface area contributed by atoms with Crippen molar-refractivity contribution in [2.75, 3.05) is 44.2 Å². The summed E-state index contributed by atoms with van der Waals surface area (Å²) in [6.07, 6.45) is -2.57. The van der Waals surface area contributed by atoms with E-state index >= 15 is 0 Å². The fourth-order valence-corrected chi connectivity index (χ4v) is 4.49. The van der Waals surface area contributed by atoms with E-state index in [0.717, 1.165) is 10.1 Å². The molecule has 0 bridgehead atoms. The van der Waals surface area contributed by atoms with Crippen LogP contribution < -0.4 is 20.9 Å². The second kappa shape index (κ2) is 13.4. The lowest BCUT2D eigenvalue weighted by Crippen LogP contribution is -2.47. The van der Waals surface area contributed by atoms with Crippen molar-refractivity contribution in [3.8, 4) is 11.8 Å². The molecule has 0 atom stereocenters. The van der Waals surface area contributed by atoms with Gasteiger partial charge in [0.1, 0.15) is 17.4 Å². The number of hydrogen-bond donors (Lipinski definition) is 0. The summed E-state index contributed by atoms with van der Waals surface area (Å²) in [5.41, 5.74) is 0.364. The highest BCUT2D eigenvalue weighted by molar-refractivity contribution is 5.85. The van der Waals surface area contributed by atoms with Crippen LogP contribution >= 0.6 is 12.4 Å². The van der Waals surface area contributed by atoms with E-state index in [9.17, 15) is 28.0 Å². The summed E-state index contributed by atoms with van der Waals surface area (Å²) in [5.74, 6) is 0.196. The number of aromatic nitrogens is 2. The standard InChI is InChI=1S/C27H28F3N5O3.ClH/c28-27(29,30)20-38-24-10-5-4-9-23(24)33-15-13-32(14-16-33)11-6-12-35-25(36)22(17-31)19-34(26(35)37)18-21-7-2-1-3-8-21;/h1-5,7-10,19H,6,11-16,18,20H2;1H. The maximum atomic E-state index is 13.0. The Kier molecular flexibility index (Phi) is 10.2.